The molecule has 1 aliphatic rings. The highest BCUT2D eigenvalue weighted by molar-refractivity contribution is 7.89. The van der Waals surface area contributed by atoms with Gasteiger partial charge < -0.3 is 4.52 Å². The van der Waals surface area contributed by atoms with Gasteiger partial charge >= 0.3 is 0 Å². The topological polar surface area (TPSA) is 92.5 Å². The number of amides is 1. The van der Waals surface area contributed by atoms with Crippen molar-refractivity contribution in [3.05, 3.63) is 47.2 Å². The third-order valence-electron chi connectivity index (χ3n) is 4.76. The van der Waals surface area contributed by atoms with E-state index in [1.165, 1.54) is 4.31 Å². The number of carbonyl (C=O) groups excluding carboxylic acids is 1. The molecule has 0 bridgehead atoms. The fourth-order valence-corrected chi connectivity index (χ4v) is 4.30. The molecule has 0 radical (unpaired) electrons. The zero-order valence-corrected chi connectivity index (χ0v) is 16.8. The van der Waals surface area contributed by atoms with Crippen molar-refractivity contribution in [3.63, 3.8) is 0 Å². The van der Waals surface area contributed by atoms with Crippen LogP contribution in [0.5, 0.6) is 0 Å². The summed E-state index contributed by atoms with van der Waals surface area (Å²) in [6, 6.07) is 8.44. The molecule has 0 saturated heterocycles. The Hall–Kier alpha value is -2.19. The van der Waals surface area contributed by atoms with Gasteiger partial charge in [0, 0.05) is 18.0 Å². The molecular weight excluding hydrogens is 366 g/mol. The largest absolute Gasteiger partial charge is 0.338 e. The summed E-state index contributed by atoms with van der Waals surface area (Å²) < 4.78 is 31.7. The summed E-state index contributed by atoms with van der Waals surface area (Å²) in [7, 11) is -3.54. The Balaban J connectivity index is 1.87. The normalized spacial score (nSPS) is 18.1. The van der Waals surface area contributed by atoms with E-state index in [0.29, 0.717) is 12.1 Å². The lowest BCUT2D eigenvalue weighted by Gasteiger charge is -2.34. The predicted octanol–water partition coefficient (Wildman–Crippen LogP) is 2.69. The van der Waals surface area contributed by atoms with Gasteiger partial charge in [-0.05, 0) is 24.5 Å². The number of nitrogens with one attached hydrogen (secondary N) is 1. The molecular formula is C19H25N3O4S. The van der Waals surface area contributed by atoms with Crippen LogP contribution in [0.25, 0.3) is 0 Å². The molecule has 0 saturated carbocycles. The van der Waals surface area contributed by atoms with Crippen molar-refractivity contribution in [3.8, 4) is 0 Å². The number of fused-ring (bicyclic) bond motifs is 1. The van der Waals surface area contributed by atoms with E-state index in [2.05, 4.69) is 10.5 Å². The quantitative estimate of drug-likeness (QED) is 0.865. The number of benzene rings is 1. The number of aromatic nitrogens is 1. The molecule has 2 aromatic rings. The van der Waals surface area contributed by atoms with Crippen LogP contribution in [0.2, 0.25) is 0 Å². The minimum atomic E-state index is -3.54. The Morgan fingerprint density at radius 2 is 1.96 bits per heavy atom. The summed E-state index contributed by atoms with van der Waals surface area (Å²) in [5, 5.41) is 6.67. The van der Waals surface area contributed by atoms with Crippen molar-refractivity contribution in [2.24, 2.45) is 0 Å². The highest BCUT2D eigenvalue weighted by Crippen LogP contribution is 2.28. The molecule has 0 aliphatic carbocycles. The molecule has 1 aromatic carbocycles. The van der Waals surface area contributed by atoms with E-state index in [-0.39, 0.29) is 23.6 Å². The third kappa shape index (κ3) is 4.06. The number of hydrogen-bond donors (Lipinski definition) is 1. The fraction of sp³-hybridized carbons (Fsp3) is 0.474. The van der Waals surface area contributed by atoms with Gasteiger partial charge in [0.2, 0.25) is 21.8 Å². The standard InChI is InChI=1S/C19H25N3O4S/c1-5-27(24,25)22-12-14-9-7-6-8-13(14)10-15(22)18(23)20-17-11-16(21-26-17)19(2,3)4/h6-9,11,15H,5,10,12H2,1-4H3,(H,20,23)/t15-/m0/s1. The summed E-state index contributed by atoms with van der Waals surface area (Å²) in [4.78, 5) is 12.9. The maximum Gasteiger partial charge on any atom is 0.245 e. The average Bonchev–Trinajstić information content (AvgIpc) is 3.09. The molecule has 1 aliphatic heterocycles. The van der Waals surface area contributed by atoms with Crippen LogP contribution >= 0.6 is 0 Å². The first-order chi connectivity index (χ1) is 12.6. The summed E-state index contributed by atoms with van der Waals surface area (Å²) in [5.74, 6) is -0.258. The van der Waals surface area contributed by atoms with Gasteiger partial charge in [-0.15, -0.1) is 0 Å². The maximum absolute atomic E-state index is 12.9. The van der Waals surface area contributed by atoms with Gasteiger partial charge in [0.15, 0.2) is 0 Å². The monoisotopic (exact) mass is 391 g/mol. The minimum Gasteiger partial charge on any atom is -0.338 e. The lowest BCUT2D eigenvalue weighted by atomic mass is 9.92. The molecule has 1 atom stereocenters. The van der Waals surface area contributed by atoms with Crippen molar-refractivity contribution >= 4 is 21.8 Å². The molecule has 1 N–H and O–H groups in total. The molecule has 0 unspecified atom stereocenters. The van der Waals surface area contributed by atoms with E-state index in [9.17, 15) is 13.2 Å². The van der Waals surface area contributed by atoms with Crippen LogP contribution in [-0.4, -0.2) is 35.6 Å². The van der Waals surface area contributed by atoms with Crippen LogP contribution < -0.4 is 5.32 Å². The molecule has 146 valence electrons. The van der Waals surface area contributed by atoms with Gasteiger partial charge in [0.05, 0.1) is 11.4 Å². The summed E-state index contributed by atoms with van der Waals surface area (Å²) in [6.45, 7) is 7.74. The van der Waals surface area contributed by atoms with Crippen LogP contribution in [0.3, 0.4) is 0 Å². The van der Waals surface area contributed by atoms with Crippen LogP contribution in [-0.2, 0) is 33.2 Å². The number of anilines is 1. The van der Waals surface area contributed by atoms with Crippen molar-refractivity contribution < 1.29 is 17.7 Å². The van der Waals surface area contributed by atoms with E-state index in [1.807, 2.05) is 45.0 Å². The number of rotatable bonds is 4. The van der Waals surface area contributed by atoms with E-state index >= 15 is 0 Å². The molecule has 3 rings (SSSR count). The number of hydrogen-bond acceptors (Lipinski definition) is 5. The van der Waals surface area contributed by atoms with Crippen LogP contribution in [0.15, 0.2) is 34.9 Å². The second-order valence-corrected chi connectivity index (χ2v) is 9.96. The Bertz CT molecular complexity index is 944. The smallest absolute Gasteiger partial charge is 0.245 e. The lowest BCUT2D eigenvalue weighted by molar-refractivity contribution is -0.120. The summed E-state index contributed by atoms with van der Waals surface area (Å²) in [6.07, 6.45) is 0.321. The van der Waals surface area contributed by atoms with E-state index < -0.39 is 22.0 Å². The van der Waals surface area contributed by atoms with Crippen molar-refractivity contribution in [1.29, 1.82) is 0 Å². The molecule has 0 spiro atoms. The Morgan fingerprint density at radius 3 is 2.56 bits per heavy atom. The van der Waals surface area contributed by atoms with Crippen LogP contribution in [0, 0.1) is 0 Å². The Labute approximate surface area is 159 Å². The highest BCUT2D eigenvalue weighted by Gasteiger charge is 2.38. The molecule has 2 heterocycles. The van der Waals surface area contributed by atoms with E-state index in [4.69, 9.17) is 4.52 Å². The number of sulfonamides is 1. The third-order valence-corrected chi connectivity index (χ3v) is 6.58. The van der Waals surface area contributed by atoms with Crippen LogP contribution in [0.4, 0.5) is 5.88 Å². The average molecular weight is 391 g/mol. The SMILES string of the molecule is CCS(=O)(=O)N1Cc2ccccc2C[C@H]1C(=O)Nc1cc(C(C)(C)C)no1. The van der Waals surface area contributed by atoms with Crippen LogP contribution in [0.1, 0.15) is 44.5 Å². The predicted molar refractivity (Wildman–Crippen MR) is 103 cm³/mol. The van der Waals surface area contributed by atoms with E-state index in [1.54, 1.807) is 13.0 Å². The molecule has 0 fully saturated rings. The highest BCUT2D eigenvalue weighted by atomic mass is 32.2. The van der Waals surface area contributed by atoms with Crippen molar-refractivity contribution in [1.82, 2.24) is 9.46 Å². The van der Waals surface area contributed by atoms with Crippen molar-refractivity contribution in [2.75, 3.05) is 11.1 Å². The minimum absolute atomic E-state index is 0.0601. The first-order valence-corrected chi connectivity index (χ1v) is 10.6. The van der Waals surface area contributed by atoms with Gasteiger partial charge in [-0.25, -0.2) is 8.42 Å². The summed E-state index contributed by atoms with van der Waals surface area (Å²) in [5.41, 5.74) is 2.40. The van der Waals surface area contributed by atoms with Gasteiger partial charge in [-0.1, -0.05) is 50.2 Å². The maximum atomic E-state index is 12.9. The molecule has 1 aromatic heterocycles. The van der Waals surface area contributed by atoms with Gasteiger partial charge in [-0.2, -0.15) is 4.31 Å². The van der Waals surface area contributed by atoms with Crippen molar-refractivity contribution in [2.45, 2.75) is 52.1 Å². The first kappa shape index (κ1) is 19.6. The Morgan fingerprint density at radius 1 is 1.30 bits per heavy atom. The first-order valence-electron chi connectivity index (χ1n) is 8.96. The number of carbonyl (C=O) groups is 1. The zero-order chi connectivity index (χ0) is 19.8. The lowest BCUT2D eigenvalue weighted by Crippen LogP contribution is -2.51. The molecule has 27 heavy (non-hydrogen) atoms. The van der Waals surface area contributed by atoms with Gasteiger partial charge in [0.25, 0.3) is 0 Å². The molecule has 7 nitrogen and oxygen atoms in total. The molecule has 1 amide bonds. The van der Waals surface area contributed by atoms with Gasteiger partial charge in [-0.3, -0.25) is 10.1 Å². The number of nitrogens with zero attached hydrogens (tertiary/aromatic N) is 2. The molecule has 8 heteroatoms. The van der Waals surface area contributed by atoms with Gasteiger partial charge in [0.1, 0.15) is 6.04 Å². The second kappa shape index (κ2) is 7.09. The fourth-order valence-electron chi connectivity index (χ4n) is 3.07. The second-order valence-electron chi connectivity index (χ2n) is 7.75. The van der Waals surface area contributed by atoms with E-state index in [0.717, 1.165) is 11.1 Å². The zero-order valence-electron chi connectivity index (χ0n) is 16.0. The summed E-state index contributed by atoms with van der Waals surface area (Å²) >= 11 is 0. The Kier molecular flexibility index (Phi) is 5.14.